The molecule has 0 heterocycles. The van der Waals surface area contributed by atoms with E-state index in [-0.39, 0.29) is 38.6 Å². The number of hydrogen-bond donors (Lipinski definition) is 1. The molecule has 35 valence electrons. The van der Waals surface area contributed by atoms with Crippen molar-refractivity contribution in [3.63, 3.8) is 0 Å². The molecule has 5 heteroatoms. The zero-order valence-electron chi connectivity index (χ0n) is 1.98. The summed E-state index contributed by atoms with van der Waals surface area (Å²) in [7, 11) is -2.60. The van der Waals surface area contributed by atoms with Gasteiger partial charge in [0.1, 0.15) is 0 Å². The molecule has 0 aromatic rings. The molecule has 3 nitrogen and oxygen atoms in total. The second-order valence-electron chi connectivity index (χ2n) is 0.201. The maximum Gasteiger partial charge on any atom is 0.282 e. The Kier molecular flexibility index (Phi) is 10.6. The molecule has 0 spiro atoms. The smallest absolute Gasteiger partial charge is 0.282 e. The average molecular weight is 243 g/mol. The van der Waals surface area contributed by atoms with E-state index in [9.17, 15) is 0 Å². The van der Waals surface area contributed by atoms with Gasteiger partial charge in [-0.1, -0.05) is 0 Å². The molecule has 0 saturated heterocycles. The molecule has 0 bridgehead atoms. The van der Waals surface area contributed by atoms with Crippen LogP contribution in [0.4, 0.5) is 0 Å². The van der Waals surface area contributed by atoms with Crippen LogP contribution in [0.15, 0.2) is 0 Å². The molecule has 0 aromatic heterocycles. The fourth-order valence-electron chi connectivity index (χ4n) is 0. The van der Waals surface area contributed by atoms with Gasteiger partial charge >= 0.3 is 0 Å². The monoisotopic (exact) mass is 243 g/mol. The molecule has 1 radical (unpaired) electrons. The second kappa shape index (κ2) is 5.46. The van der Waals surface area contributed by atoms with Crippen molar-refractivity contribution in [1.29, 1.82) is 0 Å². The second-order valence-corrected chi connectivity index (χ2v) is 0.603. The molecule has 0 aliphatic heterocycles. The Morgan fingerprint density at radius 1 is 1.40 bits per heavy atom. The molecule has 0 unspecified atom stereocenters. The predicted octanol–water partition coefficient (Wildman–Crippen LogP) is -2.94. The van der Waals surface area contributed by atoms with E-state index in [1.807, 2.05) is 0 Å². The standard InChI is InChI=1S/ClHO3.Tb/c2-1(3)4;/h2H;. The van der Waals surface area contributed by atoms with Gasteiger partial charge in [0.15, 0.2) is 0 Å². The van der Waals surface area contributed by atoms with Crippen molar-refractivity contribution in [3.05, 3.63) is 0 Å². The van der Waals surface area contributed by atoms with Crippen LogP contribution in [0.5, 0.6) is 0 Å². The van der Waals surface area contributed by atoms with Crippen LogP contribution < -0.4 is 9.32 Å². The summed E-state index contributed by atoms with van der Waals surface area (Å²) in [6.07, 6.45) is 0. The van der Waals surface area contributed by atoms with E-state index in [4.69, 9.17) is 14.0 Å². The summed E-state index contributed by atoms with van der Waals surface area (Å²) in [5, 5.41) is 0. The van der Waals surface area contributed by atoms with Crippen molar-refractivity contribution >= 4 is 0 Å². The number of rotatable bonds is 0. The normalized spacial score (nSPS) is 7.20. The van der Waals surface area contributed by atoms with Crippen LogP contribution in [-0.2, 0) is 0 Å². The van der Waals surface area contributed by atoms with Gasteiger partial charge in [-0.15, -0.1) is 0 Å². The van der Waals surface area contributed by atoms with Crippen LogP contribution in [-0.4, -0.2) is 4.66 Å². The van der Waals surface area contributed by atoms with Crippen molar-refractivity contribution in [1.82, 2.24) is 0 Å². The van der Waals surface area contributed by atoms with Crippen LogP contribution in [0.25, 0.3) is 0 Å². The summed E-state index contributed by atoms with van der Waals surface area (Å²) >= 11 is 0. The third-order valence-electron chi connectivity index (χ3n) is 0. The first kappa shape index (κ1) is 9.68. The molecular weight excluding hydrogens is 242 g/mol. The molecular formula is HClO3Tb. The summed E-state index contributed by atoms with van der Waals surface area (Å²) < 4.78 is 24.0. The van der Waals surface area contributed by atoms with Gasteiger partial charge < -0.3 is 9.32 Å². The molecule has 1 N–H and O–H groups in total. The maximum atomic E-state index is 8.52. The Morgan fingerprint density at radius 2 is 1.40 bits per heavy atom. The van der Waals surface area contributed by atoms with E-state index < -0.39 is 10.8 Å². The van der Waals surface area contributed by atoms with Crippen LogP contribution in [0.1, 0.15) is 0 Å². The Bertz CT molecular complexity index is 11.6. The van der Waals surface area contributed by atoms with Crippen LogP contribution in [0, 0.1) is 49.4 Å². The molecule has 0 fully saturated rings. The third kappa shape index (κ3) is 30.7. The summed E-state index contributed by atoms with van der Waals surface area (Å²) in [4.78, 5) is 0. The van der Waals surface area contributed by atoms with E-state index in [1.54, 1.807) is 0 Å². The molecule has 0 saturated carbocycles. The van der Waals surface area contributed by atoms with Crippen molar-refractivity contribution in [3.8, 4) is 0 Å². The zero-order valence-corrected chi connectivity index (χ0v) is 4.87. The number of halogens is 1. The van der Waals surface area contributed by atoms with E-state index in [0.29, 0.717) is 0 Å². The summed E-state index contributed by atoms with van der Waals surface area (Å²) in [6.45, 7) is 0. The average Bonchev–Trinajstić information content (AvgIpc) is 0.811. The zero-order chi connectivity index (χ0) is 3.58. The van der Waals surface area contributed by atoms with Gasteiger partial charge in [0.25, 0.3) is 10.8 Å². The third-order valence-corrected chi connectivity index (χ3v) is 0. The molecule has 0 rings (SSSR count). The van der Waals surface area contributed by atoms with Crippen LogP contribution in [0.3, 0.4) is 0 Å². The largest absolute Gasteiger partial charge is 0.321 e. The summed E-state index contributed by atoms with van der Waals surface area (Å²) in [5.74, 6) is 0. The van der Waals surface area contributed by atoms with Crippen LogP contribution >= 0.6 is 0 Å². The number of hydrogen-bond acceptors (Lipinski definition) is 3. The Labute approximate surface area is 62.8 Å². The van der Waals surface area contributed by atoms with Gasteiger partial charge in [-0.25, -0.2) is 0 Å². The van der Waals surface area contributed by atoms with Gasteiger partial charge in [0, 0.05) is 43.3 Å². The van der Waals surface area contributed by atoms with Gasteiger partial charge in [-0.3, -0.25) is 0 Å². The van der Waals surface area contributed by atoms with Crippen molar-refractivity contribution in [2.75, 3.05) is 0 Å². The SMILES string of the molecule is [O-][Cl+2]([O-])O.[Tb]. The molecule has 0 amide bonds. The van der Waals surface area contributed by atoms with E-state index in [0.717, 1.165) is 0 Å². The predicted molar refractivity (Wildman–Crippen MR) is 2.22 cm³/mol. The molecule has 0 atom stereocenters. The topological polar surface area (TPSA) is 66.3 Å². The van der Waals surface area contributed by atoms with Gasteiger partial charge in [-0.05, 0) is 0 Å². The summed E-state index contributed by atoms with van der Waals surface area (Å²) in [5.41, 5.74) is 0. The Hall–Kier alpha value is 1.46. The summed E-state index contributed by atoms with van der Waals surface area (Å²) in [6, 6.07) is 0. The molecule has 0 aliphatic carbocycles. The minimum atomic E-state index is -2.60. The van der Waals surface area contributed by atoms with E-state index in [1.165, 1.54) is 0 Å². The Morgan fingerprint density at radius 3 is 1.40 bits per heavy atom. The van der Waals surface area contributed by atoms with E-state index >= 15 is 0 Å². The van der Waals surface area contributed by atoms with Gasteiger partial charge in [0.05, 0.1) is 0 Å². The molecule has 5 heavy (non-hydrogen) atoms. The van der Waals surface area contributed by atoms with Crippen molar-refractivity contribution in [2.24, 2.45) is 0 Å². The fraction of sp³-hybridized carbons (Fsp3) is 0. The van der Waals surface area contributed by atoms with Gasteiger partial charge in [-0.2, -0.15) is 0 Å². The first-order chi connectivity index (χ1) is 1.73. The quantitative estimate of drug-likeness (QED) is 0.495. The van der Waals surface area contributed by atoms with Gasteiger partial charge in [0.2, 0.25) is 0 Å². The van der Waals surface area contributed by atoms with Crippen molar-refractivity contribution < 1.29 is 63.4 Å². The minimum Gasteiger partial charge on any atom is -0.321 e. The van der Waals surface area contributed by atoms with E-state index in [2.05, 4.69) is 0 Å². The minimum absolute atomic E-state index is 0. The maximum absolute atomic E-state index is 8.52. The molecule has 0 aromatic carbocycles. The van der Waals surface area contributed by atoms with Crippen LogP contribution in [0.2, 0.25) is 0 Å². The van der Waals surface area contributed by atoms with Crippen molar-refractivity contribution in [2.45, 2.75) is 0 Å². The fourth-order valence-corrected chi connectivity index (χ4v) is 0. The molecule has 0 aliphatic rings. The first-order valence-electron chi connectivity index (χ1n) is 0.478. The Balaban J connectivity index is 0. The first-order valence-corrected chi connectivity index (χ1v) is 1.43.